The summed E-state index contributed by atoms with van der Waals surface area (Å²) in [6.07, 6.45) is -0.668. The van der Waals surface area contributed by atoms with Gasteiger partial charge in [-0.2, -0.15) is 0 Å². The third-order valence-corrected chi connectivity index (χ3v) is 12.8. The molecule has 0 saturated heterocycles. The Bertz CT molecular complexity index is 2650. The molecule has 0 amide bonds. The predicted octanol–water partition coefficient (Wildman–Crippen LogP) is 8.10. The largest absolute Gasteiger partial charge is 0.493 e. The predicted molar refractivity (Wildman–Crippen MR) is 253 cm³/mol. The second kappa shape index (κ2) is 20.6. The van der Waals surface area contributed by atoms with Crippen molar-refractivity contribution in [2.75, 3.05) is 35.5 Å². The molecule has 70 heavy (non-hydrogen) atoms. The summed E-state index contributed by atoms with van der Waals surface area (Å²) in [4.78, 5) is 49.8. The number of nitro groups is 2. The van der Waals surface area contributed by atoms with Crippen LogP contribution in [0.2, 0.25) is 0 Å². The maximum absolute atomic E-state index is 13.2. The summed E-state index contributed by atoms with van der Waals surface area (Å²) in [5.41, 5.74) is -1.40. The third-order valence-electron chi connectivity index (χ3n) is 12.8. The van der Waals surface area contributed by atoms with Crippen LogP contribution in [0.15, 0.2) is 60.2 Å². The lowest BCUT2D eigenvalue weighted by atomic mass is 9.57. The Kier molecular flexibility index (Phi) is 15.2. The maximum atomic E-state index is 13.2. The van der Waals surface area contributed by atoms with Gasteiger partial charge in [0.1, 0.15) is 17.1 Å². The number of aliphatic carboxylic acids is 2. The molecule has 1 heterocycles. The van der Waals surface area contributed by atoms with Crippen LogP contribution in [0, 0.1) is 31.6 Å². The second-order valence-corrected chi connectivity index (χ2v) is 18.0. The zero-order valence-electron chi connectivity index (χ0n) is 40.3. The molecule has 4 aromatic rings. The summed E-state index contributed by atoms with van der Waals surface area (Å²) in [6, 6.07) is 10.7. The van der Waals surface area contributed by atoms with E-state index >= 15 is 0 Å². The fourth-order valence-corrected chi connectivity index (χ4v) is 9.30. The van der Waals surface area contributed by atoms with Gasteiger partial charge in [0.05, 0.1) is 80.9 Å². The number of aliphatic hydroxyl groups is 2. The van der Waals surface area contributed by atoms with Crippen LogP contribution >= 0.6 is 0 Å². The molecule has 0 aromatic heterocycles. The second-order valence-electron chi connectivity index (χ2n) is 18.0. The number of aliphatic hydroxyl groups excluding tert-OH is 2. The molecule has 1 aliphatic heterocycles. The number of hydrogen-bond donors (Lipinski definition) is 4. The van der Waals surface area contributed by atoms with E-state index in [-0.39, 0.29) is 64.4 Å². The van der Waals surface area contributed by atoms with Crippen molar-refractivity contribution in [3.63, 3.8) is 0 Å². The Morgan fingerprint density at radius 3 is 1.54 bits per heavy atom. The molecule has 1 saturated carbocycles. The van der Waals surface area contributed by atoms with Gasteiger partial charge in [-0.15, -0.1) is 0 Å². The van der Waals surface area contributed by atoms with Crippen molar-refractivity contribution in [1.29, 1.82) is 0 Å². The number of carboxylic acid groups (broad SMARTS) is 2. The van der Waals surface area contributed by atoms with E-state index in [0.717, 1.165) is 35.4 Å². The van der Waals surface area contributed by atoms with E-state index in [1.807, 2.05) is 26.8 Å². The van der Waals surface area contributed by atoms with E-state index in [0.29, 0.717) is 23.5 Å². The van der Waals surface area contributed by atoms with Crippen LogP contribution in [0.3, 0.4) is 0 Å². The molecule has 20 nitrogen and oxygen atoms in total. The Morgan fingerprint density at radius 2 is 1.13 bits per heavy atom. The van der Waals surface area contributed by atoms with Gasteiger partial charge in [-0.3, -0.25) is 20.2 Å². The molecule has 2 unspecified atom stereocenters. The van der Waals surface area contributed by atoms with Crippen molar-refractivity contribution < 1.29 is 77.8 Å². The highest BCUT2D eigenvalue weighted by Crippen LogP contribution is 2.55. The number of fused-ring (bicyclic) bond motifs is 2. The molecule has 0 spiro atoms. The summed E-state index contributed by atoms with van der Waals surface area (Å²) in [5.74, 6) is -3.31. The molecule has 6 rings (SSSR count). The lowest BCUT2D eigenvalue weighted by Gasteiger charge is -2.56. The SMILES string of the molecule is COc1cc(C(Oc2cc(/C=C/c3cc4c(c(OC)c3)O[C@]3(C)C[C@@H](O)[C@@H](O)C(C)(C)[C@H]3C4)cc(OC(C(=O)O)c3cc(OC)c(OC)cc3[N+](=O)[O-])c2CC=C(C)C)C(=O)O)c([N+](=O)[O-])cc1OC. The average Bonchev–Trinajstić information content (AvgIpc) is 3.31. The number of nitrogens with zero attached hydrogens (tertiary/aromatic N) is 2. The van der Waals surface area contributed by atoms with Crippen LogP contribution in [-0.2, 0) is 22.4 Å². The Morgan fingerprint density at radius 1 is 0.700 bits per heavy atom. The van der Waals surface area contributed by atoms with Crippen molar-refractivity contribution in [2.45, 2.75) is 83.9 Å². The molecule has 1 fully saturated rings. The number of methoxy groups -OCH3 is 5. The molecule has 374 valence electrons. The van der Waals surface area contributed by atoms with Gasteiger partial charge >= 0.3 is 11.9 Å². The molecule has 6 atom stereocenters. The highest BCUT2D eigenvalue weighted by atomic mass is 16.6. The highest BCUT2D eigenvalue weighted by molar-refractivity contribution is 5.80. The Balaban J connectivity index is 1.58. The van der Waals surface area contributed by atoms with E-state index in [1.165, 1.54) is 47.7 Å². The van der Waals surface area contributed by atoms with Gasteiger partial charge in [0, 0.05) is 23.3 Å². The molecule has 0 bridgehead atoms. The number of hydrogen-bond acceptors (Lipinski definition) is 16. The van der Waals surface area contributed by atoms with Gasteiger partial charge in [-0.1, -0.05) is 37.6 Å². The summed E-state index contributed by atoms with van der Waals surface area (Å²) in [6.45, 7) is 9.22. The number of benzene rings is 4. The molecule has 20 heteroatoms. The summed E-state index contributed by atoms with van der Waals surface area (Å²) < 4.78 is 46.3. The number of carbonyl (C=O) groups is 2. The van der Waals surface area contributed by atoms with Crippen molar-refractivity contribution in [3.05, 3.63) is 114 Å². The summed E-state index contributed by atoms with van der Waals surface area (Å²) >= 11 is 0. The summed E-state index contributed by atoms with van der Waals surface area (Å²) in [5, 5.41) is 68.3. The van der Waals surface area contributed by atoms with E-state index in [1.54, 1.807) is 38.1 Å². The smallest absolute Gasteiger partial charge is 0.349 e. The van der Waals surface area contributed by atoms with E-state index in [4.69, 9.17) is 37.9 Å². The van der Waals surface area contributed by atoms with Crippen LogP contribution < -0.4 is 37.9 Å². The fourth-order valence-electron chi connectivity index (χ4n) is 9.30. The van der Waals surface area contributed by atoms with Gasteiger partial charge in [0.15, 0.2) is 34.5 Å². The van der Waals surface area contributed by atoms with Crippen LogP contribution in [0.25, 0.3) is 12.2 Å². The topological polar surface area (TPSA) is 275 Å². The van der Waals surface area contributed by atoms with Crippen molar-refractivity contribution in [1.82, 2.24) is 0 Å². The average molecular weight is 973 g/mol. The van der Waals surface area contributed by atoms with E-state index in [2.05, 4.69) is 0 Å². The quantitative estimate of drug-likeness (QED) is 0.0299. The van der Waals surface area contributed by atoms with Crippen LogP contribution in [0.4, 0.5) is 11.4 Å². The van der Waals surface area contributed by atoms with Crippen molar-refractivity contribution in [3.8, 4) is 46.0 Å². The molecule has 1 aliphatic carbocycles. The number of rotatable bonds is 19. The first-order chi connectivity index (χ1) is 33.0. The summed E-state index contributed by atoms with van der Waals surface area (Å²) in [7, 11) is 6.50. The first-order valence-corrected chi connectivity index (χ1v) is 21.9. The van der Waals surface area contributed by atoms with Crippen molar-refractivity contribution >= 4 is 35.5 Å². The van der Waals surface area contributed by atoms with Gasteiger partial charge in [0.2, 0.25) is 12.2 Å². The molecule has 2 aliphatic rings. The van der Waals surface area contributed by atoms with Crippen LogP contribution in [0.5, 0.6) is 46.0 Å². The van der Waals surface area contributed by atoms with E-state index < -0.39 is 79.7 Å². The van der Waals surface area contributed by atoms with Crippen LogP contribution in [0.1, 0.15) is 86.6 Å². The minimum absolute atomic E-state index is 0.0411. The molecule has 4 N–H and O–H groups in total. The Hall–Kier alpha value is -7.58. The zero-order chi connectivity index (χ0) is 51.6. The number of carboxylic acids is 2. The van der Waals surface area contributed by atoms with Gasteiger partial charge < -0.3 is 58.3 Å². The van der Waals surface area contributed by atoms with E-state index in [9.17, 15) is 50.2 Å². The molecule has 0 radical (unpaired) electrons. The lowest BCUT2D eigenvalue weighted by molar-refractivity contribution is -0.386. The lowest BCUT2D eigenvalue weighted by Crippen LogP contribution is -2.63. The third kappa shape index (κ3) is 10.2. The standard InChI is InChI=1S/C50H56N2O18/c1-25(2)11-14-29-35(68-44(47(55)56)30-20-37(63-6)39(65-8)22-32(30)51(59)60)16-27(17-36(29)69-45(48(57)58)31-21-38(64-7)40(66-9)23-33(31)52(61)62)13-12-26-15-28-19-42-49(3,4)46(54)34(53)24-50(42,5)70-43(28)41(18-26)67-10/h11-13,15-18,20-23,34,42,44-46,53-54H,14,19,24H2,1-10H3,(H,55,56)(H,57,58)/b13-12+/t34-,42-,44?,45?,46-,50-/m1/s1. The first kappa shape index (κ1) is 51.8. The fraction of sp³-hybridized carbons (Fsp3) is 0.400. The van der Waals surface area contributed by atoms with Gasteiger partial charge in [0.25, 0.3) is 11.4 Å². The minimum Gasteiger partial charge on any atom is -0.493 e. The first-order valence-electron chi connectivity index (χ1n) is 21.9. The molecular formula is C50H56N2O18. The molecule has 4 aromatic carbocycles. The minimum atomic E-state index is -2.10. The number of nitro benzene ring substituents is 2. The monoisotopic (exact) mass is 972 g/mol. The van der Waals surface area contributed by atoms with Gasteiger partial charge in [-0.05, 0) is 86.7 Å². The molecular weight excluding hydrogens is 917 g/mol. The van der Waals surface area contributed by atoms with Crippen LogP contribution in [-0.4, -0.2) is 95.6 Å². The highest BCUT2D eigenvalue weighted by Gasteiger charge is 2.58. The zero-order valence-corrected chi connectivity index (χ0v) is 40.3. The van der Waals surface area contributed by atoms with Crippen molar-refractivity contribution in [2.24, 2.45) is 11.3 Å². The van der Waals surface area contributed by atoms with Gasteiger partial charge in [-0.25, -0.2) is 9.59 Å². The normalized spacial score (nSPS) is 19.8. The maximum Gasteiger partial charge on any atom is 0.349 e. The number of ether oxygens (including phenoxy) is 8. The Labute approximate surface area is 402 Å². The number of allylic oxidation sites excluding steroid dienone is 2.